The first-order valence-corrected chi connectivity index (χ1v) is 12.9. The number of hydrogen-bond acceptors (Lipinski definition) is 4. The van der Waals surface area contributed by atoms with Crippen molar-refractivity contribution < 1.29 is 8.42 Å². The molecule has 1 fully saturated rings. The summed E-state index contributed by atoms with van der Waals surface area (Å²) in [6.07, 6.45) is 0.540. The lowest BCUT2D eigenvalue weighted by Crippen LogP contribution is -2.52. The molecule has 2 aromatic carbocycles. The zero-order chi connectivity index (χ0) is 21.9. The number of benzene rings is 2. The summed E-state index contributed by atoms with van der Waals surface area (Å²) in [7, 11) is -3.12. The highest BCUT2D eigenvalue weighted by Gasteiger charge is 2.19. The summed E-state index contributed by atoms with van der Waals surface area (Å²) in [4.78, 5) is 9.45. The van der Waals surface area contributed by atoms with Gasteiger partial charge in [-0.3, -0.25) is 9.89 Å². The van der Waals surface area contributed by atoms with Gasteiger partial charge in [-0.2, -0.15) is 0 Å². The zero-order valence-corrected chi connectivity index (χ0v) is 19.2. The Kier molecular flexibility index (Phi) is 8.91. The van der Waals surface area contributed by atoms with E-state index in [4.69, 9.17) is 4.99 Å². The predicted molar refractivity (Wildman–Crippen MR) is 128 cm³/mol. The monoisotopic (exact) mass is 442 g/mol. The van der Waals surface area contributed by atoms with Crippen LogP contribution < -0.4 is 5.32 Å². The Bertz CT molecular complexity index is 909. The number of nitrogens with zero attached hydrogens (tertiary/aromatic N) is 3. The molecule has 31 heavy (non-hydrogen) atoms. The Morgan fingerprint density at radius 2 is 1.55 bits per heavy atom. The molecule has 0 amide bonds. The average molecular weight is 443 g/mol. The van der Waals surface area contributed by atoms with Crippen molar-refractivity contribution in [3.8, 4) is 0 Å². The van der Waals surface area contributed by atoms with E-state index in [0.717, 1.165) is 50.8 Å². The summed E-state index contributed by atoms with van der Waals surface area (Å²) in [6.45, 7) is 8.18. The molecule has 1 heterocycles. The molecule has 0 aromatic heterocycles. The van der Waals surface area contributed by atoms with Gasteiger partial charge in [0, 0.05) is 45.8 Å². The molecule has 7 heteroatoms. The summed E-state index contributed by atoms with van der Waals surface area (Å²) in [5.41, 5.74) is 2.18. The number of aliphatic imine (C=N–C) groups is 1. The Morgan fingerprint density at radius 1 is 0.935 bits per heavy atom. The Morgan fingerprint density at radius 3 is 2.16 bits per heavy atom. The number of nitrogens with one attached hydrogen (secondary N) is 1. The van der Waals surface area contributed by atoms with Crippen molar-refractivity contribution in [3.63, 3.8) is 0 Å². The highest BCUT2D eigenvalue weighted by Crippen LogP contribution is 2.10. The van der Waals surface area contributed by atoms with Crippen molar-refractivity contribution in [1.82, 2.24) is 15.1 Å². The van der Waals surface area contributed by atoms with Crippen molar-refractivity contribution in [2.75, 3.05) is 45.0 Å². The van der Waals surface area contributed by atoms with E-state index in [1.165, 1.54) is 5.56 Å². The first-order valence-electron chi connectivity index (χ1n) is 11.1. The number of rotatable bonds is 9. The normalized spacial score (nSPS) is 15.8. The standard InChI is InChI=1S/C24H34N4O2S/c1-2-25-24(26-14-9-19-31(29,30)21-23-12-7-4-8-13-23)28-17-15-27(16-18-28)20-22-10-5-3-6-11-22/h3-8,10-13H,2,9,14-21H2,1H3,(H,25,26). The van der Waals surface area contributed by atoms with Crippen molar-refractivity contribution in [1.29, 1.82) is 0 Å². The molecule has 0 unspecified atom stereocenters. The first kappa shape index (κ1) is 23.3. The topological polar surface area (TPSA) is 65.0 Å². The molecule has 1 aliphatic heterocycles. The molecule has 2 aromatic rings. The third-order valence-corrected chi connectivity index (χ3v) is 7.04. The molecule has 0 aliphatic carbocycles. The Balaban J connectivity index is 1.45. The van der Waals surface area contributed by atoms with Crippen LogP contribution in [-0.2, 0) is 22.1 Å². The van der Waals surface area contributed by atoms with Crippen molar-refractivity contribution in [3.05, 3.63) is 71.8 Å². The second-order valence-corrected chi connectivity index (χ2v) is 10.1. The minimum Gasteiger partial charge on any atom is -0.357 e. The Hall–Kier alpha value is -2.38. The van der Waals surface area contributed by atoms with Crippen LogP contribution in [0.4, 0.5) is 0 Å². The lowest BCUT2D eigenvalue weighted by molar-refractivity contribution is 0.172. The third-order valence-electron chi connectivity index (χ3n) is 5.36. The van der Waals surface area contributed by atoms with E-state index >= 15 is 0 Å². The fraction of sp³-hybridized carbons (Fsp3) is 0.458. The summed E-state index contributed by atoms with van der Waals surface area (Å²) in [6, 6.07) is 19.9. The number of piperazine rings is 1. The lowest BCUT2D eigenvalue weighted by Gasteiger charge is -2.36. The van der Waals surface area contributed by atoms with Crippen molar-refractivity contribution in [2.24, 2.45) is 4.99 Å². The summed E-state index contributed by atoms with van der Waals surface area (Å²) in [5, 5.41) is 3.36. The SMILES string of the molecule is CCNC(=NCCCS(=O)(=O)Cc1ccccc1)N1CCN(Cc2ccccc2)CC1. The molecule has 6 nitrogen and oxygen atoms in total. The van der Waals surface area contributed by atoms with Crippen LogP contribution in [0.25, 0.3) is 0 Å². The highest BCUT2D eigenvalue weighted by molar-refractivity contribution is 7.90. The van der Waals surface area contributed by atoms with E-state index in [2.05, 4.69) is 46.3 Å². The van der Waals surface area contributed by atoms with Crippen LogP contribution in [0.5, 0.6) is 0 Å². The molecule has 0 saturated carbocycles. The number of hydrogen-bond donors (Lipinski definition) is 1. The molecule has 3 rings (SSSR count). The third kappa shape index (κ3) is 7.99. The van der Waals surface area contributed by atoms with E-state index in [1.54, 1.807) is 0 Å². The number of sulfone groups is 1. The molecule has 168 valence electrons. The second-order valence-electron chi connectivity index (χ2n) is 7.92. The van der Waals surface area contributed by atoms with E-state index < -0.39 is 9.84 Å². The quantitative estimate of drug-likeness (QED) is 0.368. The minimum absolute atomic E-state index is 0.0982. The van der Waals surface area contributed by atoms with Crippen LogP contribution in [0.1, 0.15) is 24.5 Å². The molecule has 1 N–H and O–H groups in total. The van der Waals surface area contributed by atoms with E-state index in [0.29, 0.717) is 13.0 Å². The van der Waals surface area contributed by atoms with Crippen LogP contribution in [0.15, 0.2) is 65.7 Å². The van der Waals surface area contributed by atoms with Gasteiger partial charge in [-0.15, -0.1) is 0 Å². The van der Waals surface area contributed by atoms with E-state index in [-0.39, 0.29) is 11.5 Å². The molecule has 0 radical (unpaired) electrons. The summed E-state index contributed by atoms with van der Waals surface area (Å²) >= 11 is 0. The van der Waals surface area contributed by atoms with Gasteiger partial charge in [0.05, 0.1) is 11.5 Å². The summed E-state index contributed by atoms with van der Waals surface area (Å²) in [5.74, 6) is 1.15. The average Bonchev–Trinajstić information content (AvgIpc) is 2.78. The van der Waals surface area contributed by atoms with Gasteiger partial charge in [0.25, 0.3) is 0 Å². The van der Waals surface area contributed by atoms with Gasteiger partial charge < -0.3 is 10.2 Å². The molecule has 0 bridgehead atoms. The molecule has 0 atom stereocenters. The smallest absolute Gasteiger partial charge is 0.194 e. The number of guanidine groups is 1. The Labute approximate surface area is 186 Å². The maximum atomic E-state index is 12.4. The van der Waals surface area contributed by atoms with Gasteiger partial charge in [0.1, 0.15) is 0 Å². The van der Waals surface area contributed by atoms with Gasteiger partial charge in [-0.05, 0) is 24.5 Å². The largest absolute Gasteiger partial charge is 0.357 e. The van der Waals surface area contributed by atoms with Gasteiger partial charge >= 0.3 is 0 Å². The first-order chi connectivity index (χ1) is 15.1. The molecule has 1 saturated heterocycles. The predicted octanol–water partition coefficient (Wildman–Crippen LogP) is 2.77. The molecular weight excluding hydrogens is 408 g/mol. The maximum absolute atomic E-state index is 12.4. The van der Waals surface area contributed by atoms with Crippen molar-refractivity contribution in [2.45, 2.75) is 25.6 Å². The van der Waals surface area contributed by atoms with Gasteiger partial charge in [0.15, 0.2) is 15.8 Å². The highest BCUT2D eigenvalue weighted by atomic mass is 32.2. The second kappa shape index (κ2) is 11.9. The minimum atomic E-state index is -3.12. The molecule has 1 aliphatic rings. The molecular formula is C24H34N4O2S. The van der Waals surface area contributed by atoms with Crippen LogP contribution in [0, 0.1) is 0 Å². The van der Waals surface area contributed by atoms with Gasteiger partial charge in [0.2, 0.25) is 0 Å². The summed E-state index contributed by atoms with van der Waals surface area (Å²) < 4.78 is 24.8. The lowest BCUT2D eigenvalue weighted by atomic mass is 10.2. The van der Waals surface area contributed by atoms with E-state index in [9.17, 15) is 8.42 Å². The van der Waals surface area contributed by atoms with Gasteiger partial charge in [-0.25, -0.2) is 8.42 Å². The van der Waals surface area contributed by atoms with Gasteiger partial charge in [-0.1, -0.05) is 60.7 Å². The van der Waals surface area contributed by atoms with Crippen LogP contribution >= 0.6 is 0 Å². The fourth-order valence-corrected chi connectivity index (χ4v) is 5.17. The zero-order valence-electron chi connectivity index (χ0n) is 18.4. The molecule has 0 spiro atoms. The van der Waals surface area contributed by atoms with Crippen LogP contribution in [0.3, 0.4) is 0 Å². The van der Waals surface area contributed by atoms with Crippen LogP contribution in [-0.4, -0.2) is 69.2 Å². The van der Waals surface area contributed by atoms with Crippen molar-refractivity contribution >= 4 is 15.8 Å². The fourth-order valence-electron chi connectivity index (χ4n) is 3.75. The van der Waals surface area contributed by atoms with Crippen LogP contribution in [0.2, 0.25) is 0 Å². The maximum Gasteiger partial charge on any atom is 0.194 e. The van der Waals surface area contributed by atoms with E-state index in [1.807, 2.05) is 36.4 Å².